The quantitative estimate of drug-likeness (QED) is 0.408. The molecule has 0 aliphatic rings. The molecule has 5 nitrogen and oxygen atoms in total. The number of nitrogens with one attached hydrogen (secondary N) is 1. The Hall–Kier alpha value is -3.22. The average Bonchev–Trinajstić information content (AvgIpc) is 3.19. The summed E-state index contributed by atoms with van der Waals surface area (Å²) in [7, 11) is 0. The molecule has 6 heteroatoms. The molecule has 1 atom stereocenters. The van der Waals surface area contributed by atoms with Gasteiger partial charge in [-0.1, -0.05) is 35.5 Å². The summed E-state index contributed by atoms with van der Waals surface area (Å²) < 4.78 is 24.2. The molecule has 1 heterocycles. The number of halogens is 1. The minimum atomic E-state index is -0.602. The van der Waals surface area contributed by atoms with Crippen LogP contribution in [0.25, 0.3) is 22.2 Å². The zero-order valence-electron chi connectivity index (χ0n) is 16.4. The number of fused-ring (bicyclic) bond motifs is 1. The first kappa shape index (κ1) is 20.1. The molecule has 0 radical (unpaired) electrons. The summed E-state index contributed by atoms with van der Waals surface area (Å²) >= 11 is 0. The summed E-state index contributed by atoms with van der Waals surface area (Å²) in [6.07, 6.45) is 0.314. The summed E-state index contributed by atoms with van der Waals surface area (Å²) in [4.78, 5) is 0. The third-order valence-corrected chi connectivity index (χ3v) is 4.82. The van der Waals surface area contributed by atoms with Gasteiger partial charge in [-0.15, -0.1) is 0 Å². The standard InChI is InChI=1S/C24H23FN2O3/c25-19-8-11-22-23(14-19)30-27-24(22)18-6-9-21(10-7-18)29-16-20(28)15-26-13-12-17-4-2-1-3-5-17/h1-11,14,20,26,28H,12-13,15-16H2. The van der Waals surface area contributed by atoms with Gasteiger partial charge in [-0.05, 0) is 54.9 Å². The molecule has 0 bridgehead atoms. The molecule has 0 aliphatic carbocycles. The van der Waals surface area contributed by atoms with Gasteiger partial charge in [0.1, 0.15) is 30.0 Å². The van der Waals surface area contributed by atoms with Gasteiger partial charge in [-0.25, -0.2) is 4.39 Å². The summed E-state index contributed by atoms with van der Waals surface area (Å²) in [6, 6.07) is 21.9. The van der Waals surface area contributed by atoms with E-state index in [1.54, 1.807) is 6.07 Å². The Morgan fingerprint density at radius 1 is 1.03 bits per heavy atom. The van der Waals surface area contributed by atoms with Crippen molar-refractivity contribution in [2.24, 2.45) is 0 Å². The molecule has 0 saturated heterocycles. The van der Waals surface area contributed by atoms with Crippen LogP contribution in [-0.4, -0.2) is 36.1 Å². The van der Waals surface area contributed by atoms with Crippen LogP contribution in [-0.2, 0) is 6.42 Å². The van der Waals surface area contributed by atoms with Crippen molar-refractivity contribution in [2.75, 3.05) is 19.7 Å². The maximum absolute atomic E-state index is 13.3. The maximum atomic E-state index is 13.3. The minimum Gasteiger partial charge on any atom is -0.491 e. The number of rotatable bonds is 9. The zero-order valence-corrected chi connectivity index (χ0v) is 16.4. The lowest BCUT2D eigenvalue weighted by Gasteiger charge is -2.13. The Morgan fingerprint density at radius 2 is 1.83 bits per heavy atom. The Kier molecular flexibility index (Phi) is 6.37. The van der Waals surface area contributed by atoms with E-state index in [0.29, 0.717) is 23.6 Å². The highest BCUT2D eigenvalue weighted by atomic mass is 19.1. The van der Waals surface area contributed by atoms with Crippen molar-refractivity contribution < 1.29 is 18.8 Å². The highest BCUT2D eigenvalue weighted by molar-refractivity contribution is 5.91. The van der Waals surface area contributed by atoms with Crippen molar-refractivity contribution >= 4 is 11.0 Å². The van der Waals surface area contributed by atoms with Crippen LogP contribution in [0, 0.1) is 5.82 Å². The molecule has 30 heavy (non-hydrogen) atoms. The van der Waals surface area contributed by atoms with Crippen LogP contribution >= 0.6 is 0 Å². The van der Waals surface area contributed by atoms with Crippen LogP contribution in [0.3, 0.4) is 0 Å². The second-order valence-electron chi connectivity index (χ2n) is 7.10. The molecule has 1 aromatic heterocycles. The molecule has 154 valence electrons. The fourth-order valence-electron chi connectivity index (χ4n) is 3.23. The predicted molar refractivity (Wildman–Crippen MR) is 114 cm³/mol. The first-order chi connectivity index (χ1) is 14.7. The SMILES string of the molecule is OC(CNCCc1ccccc1)COc1ccc(-c2noc3cc(F)ccc23)cc1. The largest absolute Gasteiger partial charge is 0.491 e. The topological polar surface area (TPSA) is 67.5 Å². The lowest BCUT2D eigenvalue weighted by atomic mass is 10.1. The van der Waals surface area contributed by atoms with E-state index in [2.05, 4.69) is 22.6 Å². The lowest BCUT2D eigenvalue weighted by Crippen LogP contribution is -2.32. The van der Waals surface area contributed by atoms with E-state index in [1.165, 1.54) is 17.7 Å². The molecule has 0 amide bonds. The molecule has 0 spiro atoms. The summed E-state index contributed by atoms with van der Waals surface area (Å²) in [5, 5.41) is 18.2. The van der Waals surface area contributed by atoms with E-state index < -0.39 is 6.10 Å². The number of aliphatic hydroxyl groups is 1. The molecule has 2 N–H and O–H groups in total. The Bertz CT molecular complexity index is 1080. The van der Waals surface area contributed by atoms with Crippen LogP contribution < -0.4 is 10.1 Å². The fourth-order valence-corrected chi connectivity index (χ4v) is 3.23. The van der Waals surface area contributed by atoms with Crippen LogP contribution in [0.5, 0.6) is 5.75 Å². The third kappa shape index (κ3) is 5.03. The number of hydrogen-bond acceptors (Lipinski definition) is 5. The van der Waals surface area contributed by atoms with Gasteiger partial charge in [0.25, 0.3) is 0 Å². The molecule has 3 aromatic carbocycles. The molecule has 0 aliphatic heterocycles. The van der Waals surface area contributed by atoms with Gasteiger partial charge in [0.15, 0.2) is 5.58 Å². The molecular weight excluding hydrogens is 383 g/mol. The van der Waals surface area contributed by atoms with E-state index in [4.69, 9.17) is 9.26 Å². The molecule has 4 aromatic rings. The predicted octanol–water partition coefficient (Wildman–Crippen LogP) is 4.21. The number of hydrogen-bond donors (Lipinski definition) is 2. The van der Waals surface area contributed by atoms with Gasteiger partial charge in [0.2, 0.25) is 0 Å². The number of aliphatic hydroxyl groups excluding tert-OH is 1. The monoisotopic (exact) mass is 406 g/mol. The van der Waals surface area contributed by atoms with Gasteiger partial charge in [-0.3, -0.25) is 0 Å². The minimum absolute atomic E-state index is 0.198. The number of benzene rings is 3. The maximum Gasteiger partial charge on any atom is 0.170 e. The molecule has 4 rings (SSSR count). The first-order valence-electron chi connectivity index (χ1n) is 9.90. The molecule has 1 unspecified atom stereocenters. The van der Waals surface area contributed by atoms with Crippen molar-refractivity contribution in [3.8, 4) is 17.0 Å². The normalized spacial score (nSPS) is 12.2. The Morgan fingerprint density at radius 3 is 2.63 bits per heavy atom. The van der Waals surface area contributed by atoms with Crippen molar-refractivity contribution in [2.45, 2.75) is 12.5 Å². The molecule has 0 fully saturated rings. The second-order valence-corrected chi connectivity index (χ2v) is 7.10. The zero-order chi connectivity index (χ0) is 20.8. The van der Waals surface area contributed by atoms with Gasteiger partial charge >= 0.3 is 0 Å². The van der Waals surface area contributed by atoms with Crippen LogP contribution in [0.15, 0.2) is 77.3 Å². The van der Waals surface area contributed by atoms with E-state index in [9.17, 15) is 9.50 Å². The smallest absolute Gasteiger partial charge is 0.170 e. The summed E-state index contributed by atoms with van der Waals surface area (Å²) in [5.74, 6) is 0.294. The number of ether oxygens (including phenoxy) is 1. The van der Waals surface area contributed by atoms with Gasteiger partial charge in [0.05, 0.1) is 0 Å². The van der Waals surface area contributed by atoms with E-state index >= 15 is 0 Å². The van der Waals surface area contributed by atoms with E-state index in [-0.39, 0.29) is 12.4 Å². The molecule has 0 saturated carbocycles. The molecular formula is C24H23FN2O3. The van der Waals surface area contributed by atoms with Crippen molar-refractivity contribution in [1.82, 2.24) is 10.5 Å². The number of aromatic nitrogens is 1. The van der Waals surface area contributed by atoms with E-state index in [1.807, 2.05) is 42.5 Å². The van der Waals surface area contributed by atoms with Crippen molar-refractivity contribution in [1.29, 1.82) is 0 Å². The van der Waals surface area contributed by atoms with Crippen LogP contribution in [0.2, 0.25) is 0 Å². The highest BCUT2D eigenvalue weighted by Crippen LogP contribution is 2.29. The highest BCUT2D eigenvalue weighted by Gasteiger charge is 2.11. The second kappa shape index (κ2) is 9.52. The summed E-state index contributed by atoms with van der Waals surface area (Å²) in [6.45, 7) is 1.46. The first-order valence-corrected chi connectivity index (χ1v) is 9.90. The van der Waals surface area contributed by atoms with E-state index in [0.717, 1.165) is 23.9 Å². The van der Waals surface area contributed by atoms with Gasteiger partial charge in [0, 0.05) is 23.6 Å². The van der Waals surface area contributed by atoms with Gasteiger partial charge in [-0.2, -0.15) is 0 Å². The van der Waals surface area contributed by atoms with Crippen LogP contribution in [0.1, 0.15) is 5.56 Å². The Labute approximate surface area is 174 Å². The lowest BCUT2D eigenvalue weighted by molar-refractivity contribution is 0.106. The fraction of sp³-hybridized carbons (Fsp3) is 0.208. The third-order valence-electron chi connectivity index (χ3n) is 4.82. The summed E-state index contributed by atoms with van der Waals surface area (Å²) in [5.41, 5.74) is 3.17. The number of nitrogens with zero attached hydrogens (tertiary/aromatic N) is 1. The Balaban J connectivity index is 1.25. The van der Waals surface area contributed by atoms with Gasteiger partial charge < -0.3 is 19.7 Å². The van der Waals surface area contributed by atoms with Crippen molar-refractivity contribution in [3.63, 3.8) is 0 Å². The average molecular weight is 406 g/mol. The van der Waals surface area contributed by atoms with Crippen LogP contribution in [0.4, 0.5) is 4.39 Å². The van der Waals surface area contributed by atoms with Crippen molar-refractivity contribution in [3.05, 3.63) is 84.2 Å².